The lowest BCUT2D eigenvalue weighted by Gasteiger charge is -2.31. The second kappa shape index (κ2) is 3.66. The molecule has 0 radical (unpaired) electrons. The van der Waals surface area contributed by atoms with Gasteiger partial charge in [-0.2, -0.15) is 0 Å². The van der Waals surface area contributed by atoms with Gasteiger partial charge in [0.05, 0.1) is 0 Å². The molecule has 1 aliphatic heterocycles. The van der Waals surface area contributed by atoms with Crippen LogP contribution in [0.5, 0.6) is 0 Å². The van der Waals surface area contributed by atoms with Gasteiger partial charge in [-0.3, -0.25) is 9.80 Å². The Hall–Kier alpha value is -0.570. The molecule has 0 aromatic rings. The predicted molar refractivity (Wildman–Crippen MR) is 50.9 cm³/mol. The molecule has 0 bridgehead atoms. The third kappa shape index (κ3) is 1.85. The number of hydrazine groups is 1. The zero-order chi connectivity index (χ0) is 9.26. The summed E-state index contributed by atoms with van der Waals surface area (Å²) >= 11 is 0. The average molecular weight is 182 g/mol. The Kier molecular flexibility index (Phi) is 2.54. The second-order valence-electron chi connectivity index (χ2n) is 4.29. The SMILES string of the molecule is CC1CC(=O)N(C2CCCCC2)N1. The lowest BCUT2D eigenvalue weighted by molar-refractivity contribution is -0.132. The normalized spacial score (nSPS) is 31.3. The molecule has 0 spiro atoms. The van der Waals surface area contributed by atoms with Gasteiger partial charge in [0.1, 0.15) is 0 Å². The van der Waals surface area contributed by atoms with Gasteiger partial charge in [-0.15, -0.1) is 0 Å². The average Bonchev–Trinajstić information content (AvgIpc) is 2.47. The topological polar surface area (TPSA) is 32.3 Å². The predicted octanol–water partition coefficient (Wildman–Crippen LogP) is 1.44. The van der Waals surface area contributed by atoms with E-state index in [0.29, 0.717) is 24.4 Å². The minimum Gasteiger partial charge on any atom is -0.275 e. The molecular weight excluding hydrogens is 164 g/mol. The van der Waals surface area contributed by atoms with Gasteiger partial charge < -0.3 is 0 Å². The molecule has 1 amide bonds. The van der Waals surface area contributed by atoms with Crippen LogP contribution in [0.4, 0.5) is 0 Å². The minimum atomic E-state index is 0.291. The molecule has 2 fully saturated rings. The van der Waals surface area contributed by atoms with E-state index < -0.39 is 0 Å². The van der Waals surface area contributed by atoms with Crippen molar-refractivity contribution in [2.24, 2.45) is 0 Å². The third-order valence-electron chi connectivity index (χ3n) is 3.05. The molecule has 1 heterocycles. The molecule has 1 atom stereocenters. The van der Waals surface area contributed by atoms with E-state index in [1.165, 1.54) is 32.1 Å². The van der Waals surface area contributed by atoms with Gasteiger partial charge in [-0.25, -0.2) is 5.43 Å². The molecule has 74 valence electrons. The van der Waals surface area contributed by atoms with Crippen LogP contribution in [0.15, 0.2) is 0 Å². The van der Waals surface area contributed by atoms with E-state index in [4.69, 9.17) is 0 Å². The molecule has 2 aliphatic rings. The maximum Gasteiger partial charge on any atom is 0.238 e. The zero-order valence-corrected chi connectivity index (χ0v) is 8.25. The van der Waals surface area contributed by atoms with Gasteiger partial charge in [-0.05, 0) is 19.8 Å². The lowest BCUT2D eigenvalue weighted by Crippen LogP contribution is -2.45. The van der Waals surface area contributed by atoms with Crippen LogP contribution < -0.4 is 5.43 Å². The molecule has 13 heavy (non-hydrogen) atoms. The van der Waals surface area contributed by atoms with Crippen molar-refractivity contribution in [3.05, 3.63) is 0 Å². The summed E-state index contributed by atoms with van der Waals surface area (Å²) in [7, 11) is 0. The van der Waals surface area contributed by atoms with Crippen molar-refractivity contribution in [1.29, 1.82) is 0 Å². The van der Waals surface area contributed by atoms with Crippen molar-refractivity contribution in [2.75, 3.05) is 0 Å². The maximum atomic E-state index is 11.5. The fraction of sp³-hybridized carbons (Fsp3) is 0.900. The summed E-state index contributed by atoms with van der Waals surface area (Å²) in [5.74, 6) is 0.291. The summed E-state index contributed by atoms with van der Waals surface area (Å²) in [6.45, 7) is 2.07. The number of carbonyl (C=O) groups is 1. The van der Waals surface area contributed by atoms with Crippen molar-refractivity contribution in [3.63, 3.8) is 0 Å². The Bertz CT molecular complexity index is 199. The summed E-state index contributed by atoms with van der Waals surface area (Å²) in [6.07, 6.45) is 6.95. The maximum absolute atomic E-state index is 11.5. The van der Waals surface area contributed by atoms with E-state index in [1.807, 2.05) is 5.01 Å². The van der Waals surface area contributed by atoms with Crippen molar-refractivity contribution in [1.82, 2.24) is 10.4 Å². The van der Waals surface area contributed by atoms with Crippen LogP contribution in [0.25, 0.3) is 0 Å². The van der Waals surface area contributed by atoms with E-state index in [9.17, 15) is 4.79 Å². The number of hydrogen-bond acceptors (Lipinski definition) is 2. The highest BCUT2D eigenvalue weighted by atomic mass is 16.2. The Morgan fingerprint density at radius 3 is 2.54 bits per heavy atom. The van der Waals surface area contributed by atoms with E-state index in [2.05, 4.69) is 12.3 Å². The second-order valence-corrected chi connectivity index (χ2v) is 4.29. The highest BCUT2D eigenvalue weighted by Gasteiger charge is 2.32. The zero-order valence-electron chi connectivity index (χ0n) is 8.25. The van der Waals surface area contributed by atoms with Crippen molar-refractivity contribution >= 4 is 5.91 Å². The van der Waals surface area contributed by atoms with E-state index >= 15 is 0 Å². The summed E-state index contributed by atoms with van der Waals surface area (Å²) in [6, 6.07) is 0.820. The number of nitrogens with zero attached hydrogens (tertiary/aromatic N) is 1. The van der Waals surface area contributed by atoms with Crippen molar-refractivity contribution in [3.8, 4) is 0 Å². The fourth-order valence-corrected chi connectivity index (χ4v) is 2.36. The van der Waals surface area contributed by atoms with Crippen LogP contribution >= 0.6 is 0 Å². The third-order valence-corrected chi connectivity index (χ3v) is 3.05. The first-order chi connectivity index (χ1) is 6.27. The standard InChI is InChI=1S/C10H18N2O/c1-8-7-10(13)12(11-8)9-5-3-2-4-6-9/h8-9,11H,2-7H2,1H3. The van der Waals surface area contributed by atoms with Gasteiger partial charge in [0.15, 0.2) is 0 Å². The van der Waals surface area contributed by atoms with Crippen LogP contribution in [0, 0.1) is 0 Å². The van der Waals surface area contributed by atoms with Crippen LogP contribution in [0.1, 0.15) is 45.4 Å². The number of nitrogens with one attached hydrogen (secondary N) is 1. The molecule has 0 aromatic carbocycles. The molecule has 0 aromatic heterocycles. The minimum absolute atomic E-state index is 0.291. The molecule has 1 aliphatic carbocycles. The Labute approximate surface area is 79.5 Å². The van der Waals surface area contributed by atoms with Crippen LogP contribution in [-0.4, -0.2) is 23.0 Å². The monoisotopic (exact) mass is 182 g/mol. The Morgan fingerprint density at radius 1 is 1.31 bits per heavy atom. The van der Waals surface area contributed by atoms with Gasteiger partial charge in [-0.1, -0.05) is 19.3 Å². The van der Waals surface area contributed by atoms with Gasteiger partial charge >= 0.3 is 0 Å². The summed E-state index contributed by atoms with van der Waals surface area (Å²) < 4.78 is 0. The Balaban J connectivity index is 1.95. The first-order valence-electron chi connectivity index (χ1n) is 5.35. The molecule has 1 N–H and O–H groups in total. The lowest BCUT2D eigenvalue weighted by atomic mass is 9.95. The highest BCUT2D eigenvalue weighted by Crippen LogP contribution is 2.24. The van der Waals surface area contributed by atoms with Crippen LogP contribution in [-0.2, 0) is 4.79 Å². The van der Waals surface area contributed by atoms with E-state index in [-0.39, 0.29) is 0 Å². The molecule has 2 rings (SSSR count). The molecule has 1 saturated carbocycles. The first-order valence-corrected chi connectivity index (χ1v) is 5.35. The van der Waals surface area contributed by atoms with Crippen LogP contribution in [0.2, 0.25) is 0 Å². The molecule has 3 heteroatoms. The summed E-state index contributed by atoms with van der Waals surface area (Å²) in [4.78, 5) is 11.5. The summed E-state index contributed by atoms with van der Waals surface area (Å²) in [5.41, 5.74) is 3.26. The number of rotatable bonds is 1. The van der Waals surface area contributed by atoms with E-state index in [0.717, 1.165) is 0 Å². The number of hydrogen-bond donors (Lipinski definition) is 1. The molecule has 3 nitrogen and oxygen atoms in total. The van der Waals surface area contributed by atoms with Crippen molar-refractivity contribution < 1.29 is 4.79 Å². The van der Waals surface area contributed by atoms with Crippen LogP contribution in [0.3, 0.4) is 0 Å². The van der Waals surface area contributed by atoms with Gasteiger partial charge in [0.25, 0.3) is 0 Å². The van der Waals surface area contributed by atoms with E-state index in [1.54, 1.807) is 0 Å². The quantitative estimate of drug-likeness (QED) is 0.665. The molecule has 1 saturated heterocycles. The van der Waals surface area contributed by atoms with Gasteiger partial charge in [0, 0.05) is 18.5 Å². The highest BCUT2D eigenvalue weighted by molar-refractivity contribution is 5.78. The van der Waals surface area contributed by atoms with Gasteiger partial charge in [0.2, 0.25) is 5.91 Å². The molecule has 1 unspecified atom stereocenters. The van der Waals surface area contributed by atoms with Crippen molar-refractivity contribution in [2.45, 2.75) is 57.5 Å². The largest absolute Gasteiger partial charge is 0.275 e. The first kappa shape index (κ1) is 9.00. The number of carbonyl (C=O) groups excluding carboxylic acids is 1. The summed E-state index contributed by atoms with van der Waals surface area (Å²) in [5, 5.41) is 1.89. The Morgan fingerprint density at radius 2 is 2.00 bits per heavy atom. The smallest absolute Gasteiger partial charge is 0.238 e. The number of amides is 1. The molecular formula is C10H18N2O. The fourth-order valence-electron chi connectivity index (χ4n) is 2.36.